The minimum absolute atomic E-state index is 0.193. The highest BCUT2D eigenvalue weighted by molar-refractivity contribution is 5.99. The van der Waals surface area contributed by atoms with Gasteiger partial charge < -0.3 is 16.4 Å². The third-order valence-corrected chi connectivity index (χ3v) is 3.98. The number of nitrogens with zero attached hydrogens (tertiary/aromatic N) is 2. The first-order valence-corrected chi connectivity index (χ1v) is 8.34. The van der Waals surface area contributed by atoms with Crippen LogP contribution in [0.4, 0.5) is 11.4 Å². The SMILES string of the molecule is CCCC(C)(N)C(=O)Nc1cccc(NC(=O)C(C)n2cccn2)c1. The van der Waals surface area contributed by atoms with Gasteiger partial charge >= 0.3 is 0 Å². The topological polar surface area (TPSA) is 102 Å². The molecule has 2 atom stereocenters. The zero-order chi connectivity index (χ0) is 18.4. The number of carbonyl (C=O) groups excluding carboxylic acids is 2. The van der Waals surface area contributed by atoms with E-state index >= 15 is 0 Å². The first-order chi connectivity index (χ1) is 11.8. The summed E-state index contributed by atoms with van der Waals surface area (Å²) < 4.78 is 1.57. The van der Waals surface area contributed by atoms with Gasteiger partial charge in [-0.3, -0.25) is 14.3 Å². The van der Waals surface area contributed by atoms with Crippen molar-refractivity contribution in [2.45, 2.75) is 45.2 Å². The fourth-order valence-corrected chi connectivity index (χ4v) is 2.46. The van der Waals surface area contributed by atoms with Crippen molar-refractivity contribution in [2.75, 3.05) is 10.6 Å². The number of nitrogens with one attached hydrogen (secondary N) is 2. The lowest BCUT2D eigenvalue weighted by Gasteiger charge is -2.23. The van der Waals surface area contributed by atoms with Crippen LogP contribution in [0.25, 0.3) is 0 Å². The highest BCUT2D eigenvalue weighted by atomic mass is 16.2. The van der Waals surface area contributed by atoms with E-state index in [1.165, 1.54) is 0 Å². The summed E-state index contributed by atoms with van der Waals surface area (Å²) in [7, 11) is 0. The smallest absolute Gasteiger partial charge is 0.248 e. The molecular formula is C18H25N5O2. The molecule has 0 bridgehead atoms. The van der Waals surface area contributed by atoms with Gasteiger partial charge in [-0.2, -0.15) is 5.10 Å². The van der Waals surface area contributed by atoms with Gasteiger partial charge in [-0.15, -0.1) is 0 Å². The molecule has 0 saturated heterocycles. The fourth-order valence-electron chi connectivity index (χ4n) is 2.46. The molecule has 0 aliphatic rings. The second-order valence-electron chi connectivity index (χ2n) is 6.35. The minimum atomic E-state index is -0.928. The zero-order valence-electron chi connectivity index (χ0n) is 14.8. The Morgan fingerprint density at radius 2 is 1.96 bits per heavy atom. The van der Waals surface area contributed by atoms with E-state index in [2.05, 4.69) is 15.7 Å². The second kappa shape index (κ2) is 7.94. The molecule has 2 amide bonds. The van der Waals surface area contributed by atoms with Gasteiger partial charge in [-0.05, 0) is 44.5 Å². The van der Waals surface area contributed by atoms with Gasteiger partial charge in [0.1, 0.15) is 6.04 Å². The highest BCUT2D eigenvalue weighted by Gasteiger charge is 2.27. The van der Waals surface area contributed by atoms with E-state index < -0.39 is 11.6 Å². The molecule has 0 radical (unpaired) electrons. The molecule has 25 heavy (non-hydrogen) atoms. The number of benzene rings is 1. The predicted octanol–water partition coefficient (Wildman–Crippen LogP) is 2.54. The highest BCUT2D eigenvalue weighted by Crippen LogP contribution is 2.19. The molecule has 0 spiro atoms. The first kappa shape index (κ1) is 18.7. The monoisotopic (exact) mass is 343 g/mol. The van der Waals surface area contributed by atoms with Crippen LogP contribution in [0.1, 0.15) is 39.7 Å². The van der Waals surface area contributed by atoms with Crippen LogP contribution in [-0.4, -0.2) is 27.1 Å². The van der Waals surface area contributed by atoms with Crippen LogP contribution in [0, 0.1) is 0 Å². The molecule has 2 rings (SSSR count). The van der Waals surface area contributed by atoms with Crippen molar-refractivity contribution in [3.8, 4) is 0 Å². The Labute approximate surface area is 147 Å². The Kier molecular flexibility index (Phi) is 5.93. The predicted molar refractivity (Wildman–Crippen MR) is 98.1 cm³/mol. The summed E-state index contributed by atoms with van der Waals surface area (Å²) in [5.74, 6) is -0.440. The number of amides is 2. The average molecular weight is 343 g/mol. The van der Waals surface area contributed by atoms with E-state index in [9.17, 15) is 9.59 Å². The minimum Gasteiger partial charge on any atom is -0.324 e. The average Bonchev–Trinajstić information content (AvgIpc) is 3.08. The number of nitrogens with two attached hydrogens (primary N) is 1. The van der Waals surface area contributed by atoms with E-state index in [0.717, 1.165) is 6.42 Å². The summed E-state index contributed by atoms with van der Waals surface area (Å²) >= 11 is 0. The normalized spacial score (nSPS) is 14.4. The van der Waals surface area contributed by atoms with E-state index in [1.54, 1.807) is 61.3 Å². The lowest BCUT2D eigenvalue weighted by Crippen LogP contribution is -2.48. The van der Waals surface area contributed by atoms with Crippen LogP contribution in [-0.2, 0) is 9.59 Å². The molecule has 1 aromatic carbocycles. The molecule has 134 valence electrons. The number of aromatic nitrogens is 2. The fraction of sp³-hybridized carbons (Fsp3) is 0.389. The van der Waals surface area contributed by atoms with Crippen LogP contribution in [0.5, 0.6) is 0 Å². The summed E-state index contributed by atoms with van der Waals surface area (Å²) in [5.41, 5.74) is 6.29. The van der Waals surface area contributed by atoms with Crippen molar-refractivity contribution in [1.29, 1.82) is 0 Å². The van der Waals surface area contributed by atoms with Crippen molar-refractivity contribution in [1.82, 2.24) is 9.78 Å². The van der Waals surface area contributed by atoms with E-state index in [-0.39, 0.29) is 11.8 Å². The number of anilines is 2. The second-order valence-corrected chi connectivity index (χ2v) is 6.35. The Hall–Kier alpha value is -2.67. The number of carbonyl (C=O) groups is 2. The van der Waals surface area contributed by atoms with Crippen molar-refractivity contribution in [2.24, 2.45) is 5.73 Å². The summed E-state index contributed by atoms with van der Waals surface area (Å²) in [4.78, 5) is 24.6. The van der Waals surface area contributed by atoms with Gasteiger partial charge in [0.15, 0.2) is 0 Å². The summed E-state index contributed by atoms with van der Waals surface area (Å²) in [6, 6.07) is 8.31. The van der Waals surface area contributed by atoms with Gasteiger partial charge in [-0.1, -0.05) is 19.4 Å². The maximum atomic E-state index is 12.3. The molecule has 7 heteroatoms. The third kappa shape index (κ3) is 4.90. The molecule has 2 aromatic rings. The molecule has 1 heterocycles. The quantitative estimate of drug-likeness (QED) is 0.719. The van der Waals surface area contributed by atoms with Gasteiger partial charge in [0.2, 0.25) is 11.8 Å². The van der Waals surface area contributed by atoms with Crippen LogP contribution >= 0.6 is 0 Å². The first-order valence-electron chi connectivity index (χ1n) is 8.34. The number of hydrogen-bond acceptors (Lipinski definition) is 4. The Bertz CT molecular complexity index is 725. The lowest BCUT2D eigenvalue weighted by molar-refractivity contribution is -0.121. The van der Waals surface area contributed by atoms with E-state index in [1.807, 2.05) is 6.92 Å². The summed E-state index contributed by atoms with van der Waals surface area (Å²) in [5, 5.41) is 9.70. The number of hydrogen-bond donors (Lipinski definition) is 3. The van der Waals surface area contributed by atoms with E-state index in [4.69, 9.17) is 5.73 Å². The molecule has 0 aliphatic heterocycles. The molecule has 0 aliphatic carbocycles. The van der Waals surface area contributed by atoms with Crippen LogP contribution < -0.4 is 16.4 Å². The molecule has 1 aromatic heterocycles. The van der Waals surface area contributed by atoms with Crippen molar-refractivity contribution < 1.29 is 9.59 Å². The Morgan fingerprint density at radius 3 is 2.56 bits per heavy atom. The Morgan fingerprint density at radius 1 is 1.28 bits per heavy atom. The molecule has 0 fully saturated rings. The molecule has 2 unspecified atom stereocenters. The van der Waals surface area contributed by atoms with Gasteiger partial charge in [0.05, 0.1) is 5.54 Å². The standard InChI is InChI=1S/C18H25N5O2/c1-4-9-18(3,19)17(25)22-15-8-5-7-14(12-15)21-16(24)13(2)23-11-6-10-20-23/h5-8,10-13H,4,9,19H2,1-3H3,(H,21,24)(H,22,25). The van der Waals surface area contributed by atoms with Crippen molar-refractivity contribution in [3.05, 3.63) is 42.7 Å². The van der Waals surface area contributed by atoms with E-state index in [0.29, 0.717) is 17.8 Å². The van der Waals surface area contributed by atoms with Crippen molar-refractivity contribution in [3.63, 3.8) is 0 Å². The maximum absolute atomic E-state index is 12.3. The molecule has 0 saturated carbocycles. The van der Waals surface area contributed by atoms with Gasteiger partial charge in [0, 0.05) is 23.8 Å². The molecule has 4 N–H and O–H groups in total. The lowest BCUT2D eigenvalue weighted by atomic mass is 9.96. The van der Waals surface area contributed by atoms with Crippen LogP contribution in [0.3, 0.4) is 0 Å². The zero-order valence-corrected chi connectivity index (χ0v) is 14.8. The van der Waals surface area contributed by atoms with Crippen molar-refractivity contribution >= 4 is 23.2 Å². The maximum Gasteiger partial charge on any atom is 0.248 e. The number of rotatable bonds is 7. The largest absolute Gasteiger partial charge is 0.324 e. The summed E-state index contributed by atoms with van der Waals surface area (Å²) in [6.45, 7) is 5.46. The Balaban J connectivity index is 2.03. The van der Waals surface area contributed by atoms with Crippen LogP contribution in [0.2, 0.25) is 0 Å². The van der Waals surface area contributed by atoms with Gasteiger partial charge in [-0.25, -0.2) is 0 Å². The van der Waals surface area contributed by atoms with Crippen LogP contribution in [0.15, 0.2) is 42.7 Å². The summed E-state index contributed by atoms with van der Waals surface area (Å²) in [6.07, 6.45) is 4.77. The molecular weight excluding hydrogens is 318 g/mol. The third-order valence-electron chi connectivity index (χ3n) is 3.98. The van der Waals surface area contributed by atoms with Gasteiger partial charge in [0.25, 0.3) is 0 Å². The molecule has 7 nitrogen and oxygen atoms in total.